The number of hydrogen-bond acceptors (Lipinski definition) is 3. The topological polar surface area (TPSA) is 38.5 Å². The quantitative estimate of drug-likeness (QED) is 0.591. The Kier molecular flexibility index (Phi) is 4.07. The zero-order valence-electron chi connectivity index (χ0n) is 6.87. The lowest BCUT2D eigenvalue weighted by Gasteiger charge is -2.29. The lowest BCUT2D eigenvalue weighted by molar-refractivity contribution is -0.0145. The first-order valence-corrected chi connectivity index (χ1v) is 3.31. The Balaban J connectivity index is 3.92. The Morgan fingerprint density at radius 2 is 2.10 bits per heavy atom. The van der Waals surface area contributed by atoms with E-state index in [0.717, 1.165) is 0 Å². The van der Waals surface area contributed by atoms with E-state index in [9.17, 15) is 0 Å². The molecule has 10 heavy (non-hydrogen) atoms. The van der Waals surface area contributed by atoms with Gasteiger partial charge in [0.25, 0.3) is 0 Å². The second kappa shape index (κ2) is 4.30. The van der Waals surface area contributed by atoms with Crippen LogP contribution in [0.2, 0.25) is 0 Å². The fourth-order valence-electron chi connectivity index (χ4n) is 0.730. The maximum Gasteiger partial charge on any atom is 0.183 e. The minimum absolute atomic E-state index is 0.326. The molecule has 0 aliphatic rings. The van der Waals surface area contributed by atoms with E-state index in [0.29, 0.717) is 6.04 Å². The minimum Gasteiger partial charge on any atom is -0.349 e. The predicted molar refractivity (Wildman–Crippen MR) is 42.2 cm³/mol. The molecule has 0 fully saturated rings. The van der Waals surface area contributed by atoms with Gasteiger partial charge >= 0.3 is 0 Å². The zero-order valence-corrected chi connectivity index (χ0v) is 6.87. The van der Waals surface area contributed by atoms with Gasteiger partial charge in [-0.2, -0.15) is 0 Å². The van der Waals surface area contributed by atoms with Gasteiger partial charge in [-0.1, -0.05) is 6.58 Å². The molecule has 3 nitrogen and oxygen atoms in total. The van der Waals surface area contributed by atoms with Crippen molar-refractivity contribution < 1.29 is 4.74 Å². The SMILES string of the molecule is C=CN(C(C)C)C(N)OC. The first kappa shape index (κ1) is 9.46. The highest BCUT2D eigenvalue weighted by Crippen LogP contribution is 2.01. The van der Waals surface area contributed by atoms with Crippen molar-refractivity contribution >= 4 is 0 Å². The summed E-state index contributed by atoms with van der Waals surface area (Å²) in [5.74, 6) is 0. The molecule has 0 aromatic rings. The molecular weight excluding hydrogens is 128 g/mol. The fraction of sp³-hybridized carbons (Fsp3) is 0.714. The standard InChI is InChI=1S/C7H16N2O/c1-5-9(6(2)3)7(8)10-4/h5-7H,1,8H2,2-4H3. The lowest BCUT2D eigenvalue weighted by Crippen LogP contribution is -2.43. The van der Waals surface area contributed by atoms with Crippen LogP contribution in [0.5, 0.6) is 0 Å². The molecule has 0 spiro atoms. The molecule has 0 bridgehead atoms. The van der Waals surface area contributed by atoms with Crippen LogP contribution in [0, 0.1) is 0 Å². The highest BCUT2D eigenvalue weighted by molar-refractivity contribution is 4.74. The van der Waals surface area contributed by atoms with E-state index in [1.165, 1.54) is 0 Å². The predicted octanol–water partition coefficient (Wildman–Crippen LogP) is 0.729. The summed E-state index contributed by atoms with van der Waals surface area (Å²) < 4.78 is 4.90. The first-order chi connectivity index (χ1) is 4.63. The van der Waals surface area contributed by atoms with Crippen LogP contribution in [0.25, 0.3) is 0 Å². The van der Waals surface area contributed by atoms with E-state index in [2.05, 4.69) is 6.58 Å². The number of nitrogens with zero attached hydrogens (tertiary/aromatic N) is 1. The van der Waals surface area contributed by atoms with E-state index in [1.54, 1.807) is 13.3 Å². The van der Waals surface area contributed by atoms with Crippen molar-refractivity contribution in [3.63, 3.8) is 0 Å². The molecule has 0 saturated heterocycles. The van der Waals surface area contributed by atoms with Crippen molar-refractivity contribution in [1.29, 1.82) is 0 Å². The molecule has 0 heterocycles. The Labute approximate surface area is 62.5 Å². The summed E-state index contributed by atoms with van der Waals surface area (Å²) >= 11 is 0. The maximum atomic E-state index is 5.56. The van der Waals surface area contributed by atoms with Crippen LogP contribution >= 0.6 is 0 Å². The van der Waals surface area contributed by atoms with Crippen molar-refractivity contribution in [3.05, 3.63) is 12.8 Å². The first-order valence-electron chi connectivity index (χ1n) is 3.31. The average Bonchev–Trinajstić information content (AvgIpc) is 1.88. The van der Waals surface area contributed by atoms with Crippen LogP contribution in [0.1, 0.15) is 13.8 Å². The van der Waals surface area contributed by atoms with Gasteiger partial charge in [0, 0.05) is 13.2 Å². The molecule has 60 valence electrons. The molecular formula is C7H16N2O. The molecule has 0 saturated carbocycles. The van der Waals surface area contributed by atoms with Crippen LogP contribution in [0.15, 0.2) is 12.8 Å². The third-order valence-corrected chi connectivity index (χ3v) is 1.34. The molecule has 0 rings (SSSR count). The maximum absolute atomic E-state index is 5.56. The normalized spacial score (nSPS) is 13.3. The summed E-state index contributed by atoms with van der Waals surface area (Å²) in [6.45, 7) is 7.67. The van der Waals surface area contributed by atoms with Gasteiger partial charge in [0.05, 0.1) is 0 Å². The lowest BCUT2D eigenvalue weighted by atomic mass is 10.3. The molecule has 0 radical (unpaired) electrons. The van der Waals surface area contributed by atoms with Crippen molar-refractivity contribution in [1.82, 2.24) is 4.90 Å². The van der Waals surface area contributed by atoms with E-state index in [-0.39, 0.29) is 6.35 Å². The summed E-state index contributed by atoms with van der Waals surface area (Å²) in [4.78, 5) is 1.83. The average molecular weight is 144 g/mol. The summed E-state index contributed by atoms with van der Waals surface area (Å²) in [6.07, 6.45) is 1.30. The van der Waals surface area contributed by atoms with Gasteiger partial charge in [0.2, 0.25) is 0 Å². The third kappa shape index (κ3) is 2.37. The largest absolute Gasteiger partial charge is 0.349 e. The number of methoxy groups -OCH3 is 1. The molecule has 1 unspecified atom stereocenters. The highest BCUT2D eigenvalue weighted by atomic mass is 16.5. The molecule has 0 aromatic heterocycles. The second-order valence-electron chi connectivity index (χ2n) is 2.35. The van der Waals surface area contributed by atoms with Gasteiger partial charge in [-0.05, 0) is 20.0 Å². The van der Waals surface area contributed by atoms with Crippen molar-refractivity contribution in [3.8, 4) is 0 Å². The van der Waals surface area contributed by atoms with Crippen LogP contribution in [-0.2, 0) is 4.74 Å². The summed E-state index contributed by atoms with van der Waals surface area (Å²) in [6, 6.07) is 0.326. The van der Waals surface area contributed by atoms with E-state index in [1.807, 2.05) is 18.7 Å². The number of nitrogens with two attached hydrogens (primary N) is 1. The van der Waals surface area contributed by atoms with Crippen LogP contribution in [0.3, 0.4) is 0 Å². The molecule has 1 atom stereocenters. The third-order valence-electron chi connectivity index (χ3n) is 1.34. The van der Waals surface area contributed by atoms with Gasteiger partial charge in [0.15, 0.2) is 6.35 Å². The number of ether oxygens (including phenoxy) is 1. The summed E-state index contributed by atoms with van der Waals surface area (Å²) in [7, 11) is 1.57. The zero-order chi connectivity index (χ0) is 8.15. The Hall–Kier alpha value is -0.540. The second-order valence-corrected chi connectivity index (χ2v) is 2.35. The number of hydrogen-bond donors (Lipinski definition) is 1. The van der Waals surface area contributed by atoms with Crippen LogP contribution in [-0.4, -0.2) is 24.4 Å². The smallest absolute Gasteiger partial charge is 0.183 e. The van der Waals surface area contributed by atoms with Crippen LogP contribution in [0.4, 0.5) is 0 Å². The monoisotopic (exact) mass is 144 g/mol. The molecule has 0 aliphatic heterocycles. The minimum atomic E-state index is -0.377. The van der Waals surface area contributed by atoms with E-state index < -0.39 is 0 Å². The highest BCUT2D eigenvalue weighted by Gasteiger charge is 2.10. The number of rotatable bonds is 4. The van der Waals surface area contributed by atoms with Gasteiger partial charge < -0.3 is 9.64 Å². The summed E-state index contributed by atoms with van der Waals surface area (Å²) in [5, 5.41) is 0. The van der Waals surface area contributed by atoms with E-state index in [4.69, 9.17) is 10.5 Å². The molecule has 0 aromatic carbocycles. The Bertz CT molecular complexity index is 104. The van der Waals surface area contributed by atoms with Crippen molar-refractivity contribution in [2.45, 2.75) is 26.2 Å². The van der Waals surface area contributed by atoms with E-state index >= 15 is 0 Å². The van der Waals surface area contributed by atoms with Crippen molar-refractivity contribution in [2.24, 2.45) is 5.73 Å². The summed E-state index contributed by atoms with van der Waals surface area (Å²) in [5.41, 5.74) is 5.56. The Morgan fingerprint density at radius 3 is 2.20 bits per heavy atom. The molecule has 0 aliphatic carbocycles. The van der Waals surface area contributed by atoms with Crippen molar-refractivity contribution in [2.75, 3.05) is 7.11 Å². The molecule has 0 amide bonds. The van der Waals surface area contributed by atoms with Gasteiger partial charge in [-0.3, -0.25) is 5.73 Å². The van der Waals surface area contributed by atoms with Gasteiger partial charge in [-0.25, -0.2) is 0 Å². The fourth-order valence-corrected chi connectivity index (χ4v) is 0.730. The van der Waals surface area contributed by atoms with Gasteiger partial charge in [-0.15, -0.1) is 0 Å². The molecule has 2 N–H and O–H groups in total. The Morgan fingerprint density at radius 1 is 1.60 bits per heavy atom. The molecule has 3 heteroatoms. The van der Waals surface area contributed by atoms with Crippen LogP contribution < -0.4 is 5.73 Å². The van der Waals surface area contributed by atoms with Gasteiger partial charge in [0.1, 0.15) is 0 Å².